The highest BCUT2D eigenvalue weighted by Crippen LogP contribution is 2.55. The summed E-state index contributed by atoms with van der Waals surface area (Å²) in [6.45, 7) is 8.66. The Kier molecular flexibility index (Phi) is 14.5. The van der Waals surface area contributed by atoms with Crippen LogP contribution in [0, 0.1) is 27.7 Å². The number of nitrogens with one attached hydrogen (secondary N) is 2. The number of benzene rings is 11. The maximum absolute atomic E-state index is 6.31. The third kappa shape index (κ3) is 9.72. The molecule has 4 aliphatic rings. The van der Waals surface area contributed by atoms with E-state index in [-0.39, 0.29) is 0 Å². The van der Waals surface area contributed by atoms with Crippen molar-refractivity contribution in [3.05, 3.63) is 262 Å². The molecule has 0 saturated heterocycles. The Morgan fingerprint density at radius 1 is 0.272 bits per heavy atom. The van der Waals surface area contributed by atoms with Gasteiger partial charge in [0.1, 0.15) is 0 Å². The van der Waals surface area contributed by atoms with Crippen LogP contribution in [0.2, 0.25) is 0 Å². The van der Waals surface area contributed by atoms with Crippen LogP contribution >= 0.6 is 127 Å². The molecule has 0 radical (unpaired) electrons. The highest BCUT2D eigenvalue weighted by atomic mass is 79.9. The predicted octanol–water partition coefficient (Wildman–Crippen LogP) is 27.1. The fraction of sp³-hybridized carbons (Fsp3) is 0.0750. The Bertz CT molecular complexity index is 5460. The zero-order valence-corrected chi connectivity index (χ0v) is 62.3. The second-order valence-corrected chi connectivity index (χ2v) is 31.5. The Balaban J connectivity index is 1.21. The van der Waals surface area contributed by atoms with Gasteiger partial charge in [-0.25, -0.2) is 9.97 Å². The Hall–Kier alpha value is -6.58. The van der Waals surface area contributed by atoms with Gasteiger partial charge in [0.05, 0.1) is 44.8 Å². The van der Waals surface area contributed by atoms with Gasteiger partial charge >= 0.3 is 0 Å². The molecule has 4 nitrogen and oxygen atoms in total. The van der Waals surface area contributed by atoms with E-state index in [0.717, 1.165) is 190 Å². The summed E-state index contributed by atoms with van der Waals surface area (Å²) in [6, 6.07) is 68.4. The summed E-state index contributed by atoms with van der Waals surface area (Å²) >= 11 is 31.5. The van der Waals surface area contributed by atoms with E-state index < -0.39 is 0 Å². The third-order valence-electron chi connectivity index (χ3n) is 18.8. The van der Waals surface area contributed by atoms with E-state index in [1.165, 1.54) is 44.5 Å². The molecule has 0 spiro atoms. The number of H-pyrrole nitrogens is 2. The number of rotatable bonds is 4. The quantitative estimate of drug-likeness (QED) is 0.184. The van der Waals surface area contributed by atoms with Gasteiger partial charge in [-0.3, -0.25) is 0 Å². The monoisotopic (exact) mass is 1700 g/mol. The van der Waals surface area contributed by atoms with Gasteiger partial charge in [0.15, 0.2) is 0 Å². The number of aromatic nitrogens is 4. The number of hydrogen-bond donors (Lipinski definition) is 2. The molecular weight excluding hydrogens is 1660 g/mol. The Labute approximate surface area is 598 Å². The molecule has 12 heteroatoms. The lowest BCUT2D eigenvalue weighted by Gasteiger charge is -2.20. The maximum Gasteiger partial charge on any atom is 0.0816 e. The van der Waals surface area contributed by atoms with Crippen LogP contribution in [0.3, 0.4) is 0 Å². The van der Waals surface area contributed by atoms with E-state index in [2.05, 4.69) is 347 Å². The molecule has 92 heavy (non-hydrogen) atoms. The first-order valence-electron chi connectivity index (χ1n) is 30.2. The highest BCUT2D eigenvalue weighted by molar-refractivity contribution is 9.14. The van der Waals surface area contributed by atoms with Gasteiger partial charge in [-0.15, -0.1) is 0 Å². The zero-order valence-electron chi connectivity index (χ0n) is 49.7. The molecule has 13 aromatic rings. The summed E-state index contributed by atoms with van der Waals surface area (Å²) in [5.41, 5.74) is 29.5. The largest absolute Gasteiger partial charge is 0.354 e. The average Bonchev–Trinajstić information content (AvgIpc) is 1.55. The van der Waals surface area contributed by atoms with Crippen molar-refractivity contribution in [3.63, 3.8) is 0 Å². The van der Waals surface area contributed by atoms with Crippen molar-refractivity contribution in [2.45, 2.75) is 40.5 Å². The lowest BCUT2D eigenvalue weighted by atomic mass is 9.84. The molecule has 0 saturated carbocycles. The van der Waals surface area contributed by atoms with Crippen molar-refractivity contribution >= 4 is 193 Å². The summed E-state index contributed by atoms with van der Waals surface area (Å²) in [5, 5.41) is 8.67. The normalized spacial score (nSPS) is 12.5. The molecular formula is C80H48Br8N4. The maximum atomic E-state index is 6.31. The minimum atomic E-state index is 0.673. The first kappa shape index (κ1) is 59.2. The second-order valence-electron chi connectivity index (χ2n) is 24.7. The third-order valence-corrected chi connectivity index (χ3v) is 26.2. The predicted molar refractivity (Wildman–Crippen MR) is 414 cm³/mol. The van der Waals surface area contributed by atoms with Crippen LogP contribution in [0.25, 0.3) is 155 Å². The molecule has 444 valence electrons. The van der Waals surface area contributed by atoms with Crippen molar-refractivity contribution in [2.24, 2.45) is 0 Å². The van der Waals surface area contributed by atoms with Crippen LogP contribution < -0.4 is 0 Å². The van der Waals surface area contributed by atoms with Crippen LogP contribution in [-0.2, 0) is 12.8 Å². The number of aromatic amines is 2. The summed E-state index contributed by atoms with van der Waals surface area (Å²) < 4.78 is 7.91. The van der Waals surface area contributed by atoms with Crippen LogP contribution in [0.5, 0.6) is 0 Å². The molecule has 8 bridgehead atoms. The highest BCUT2D eigenvalue weighted by Gasteiger charge is 2.34. The lowest BCUT2D eigenvalue weighted by molar-refractivity contribution is 1.02. The minimum Gasteiger partial charge on any atom is -0.354 e. The average molecular weight is 1700 g/mol. The van der Waals surface area contributed by atoms with Crippen LogP contribution in [-0.4, -0.2) is 19.9 Å². The van der Waals surface area contributed by atoms with E-state index in [4.69, 9.17) is 9.97 Å². The van der Waals surface area contributed by atoms with E-state index in [9.17, 15) is 0 Å². The Morgan fingerprint density at radius 3 is 0.772 bits per heavy atom. The summed E-state index contributed by atoms with van der Waals surface area (Å²) in [4.78, 5) is 21.4. The fourth-order valence-corrected chi connectivity index (χ4v) is 17.1. The molecule has 0 atom stereocenters. The smallest absolute Gasteiger partial charge is 0.0816 e. The fourth-order valence-electron chi connectivity index (χ4n) is 14.2. The van der Waals surface area contributed by atoms with E-state index >= 15 is 0 Å². The van der Waals surface area contributed by atoms with Crippen molar-refractivity contribution in [2.75, 3.05) is 0 Å². The SMILES string of the molecule is Cc1ccc(-c2c3nc(c(-c4ccc(C)cc4)c4[nH]c(c(-c5ccc(C)cc5)c5nc(c(-c6ccc(C)cc6)c6[nH]c2c2c6Cc6cc(Br)c(Br)cc6C2)-c2cc6cc(Br)c(Br)cc6cc2-5)c2cc5cc(Br)c(Br)cc5cc42)-c2cc4cc(Br)c(Br)cc4cc2-3)cc1. The first-order chi connectivity index (χ1) is 44.5. The number of hydrogen-bond acceptors (Lipinski definition) is 2. The number of nitrogens with zero attached hydrogens (tertiary/aromatic N) is 2. The number of fused-ring (bicyclic) bond motifs is 4. The van der Waals surface area contributed by atoms with Gasteiger partial charge in [-0.1, -0.05) is 119 Å². The van der Waals surface area contributed by atoms with E-state index in [1.807, 2.05) is 0 Å². The number of aryl methyl sites for hydroxylation is 4. The van der Waals surface area contributed by atoms with Crippen molar-refractivity contribution in [1.82, 2.24) is 19.9 Å². The van der Waals surface area contributed by atoms with Gasteiger partial charge in [0.25, 0.3) is 0 Å². The molecule has 11 aromatic carbocycles. The molecule has 17 rings (SSSR count). The van der Waals surface area contributed by atoms with Crippen molar-refractivity contribution in [3.8, 4) is 89.5 Å². The molecule has 4 heterocycles. The lowest BCUT2D eigenvalue weighted by Crippen LogP contribution is -2.06. The summed E-state index contributed by atoms with van der Waals surface area (Å²) in [5.74, 6) is 0. The summed E-state index contributed by atoms with van der Waals surface area (Å²) in [7, 11) is 0. The molecule has 0 unspecified atom stereocenters. The molecule has 2 aromatic heterocycles. The topological polar surface area (TPSA) is 57.4 Å². The summed E-state index contributed by atoms with van der Waals surface area (Å²) in [6.07, 6.45) is 1.35. The van der Waals surface area contributed by atoms with Crippen LogP contribution in [0.4, 0.5) is 0 Å². The van der Waals surface area contributed by atoms with E-state index in [1.54, 1.807) is 0 Å². The van der Waals surface area contributed by atoms with Crippen molar-refractivity contribution < 1.29 is 0 Å². The van der Waals surface area contributed by atoms with Gasteiger partial charge in [-0.2, -0.15) is 0 Å². The van der Waals surface area contributed by atoms with Crippen molar-refractivity contribution in [1.29, 1.82) is 0 Å². The zero-order chi connectivity index (χ0) is 62.9. The molecule has 2 aliphatic carbocycles. The molecule has 2 aliphatic heterocycles. The first-order valence-corrected chi connectivity index (χ1v) is 36.5. The Morgan fingerprint density at radius 2 is 0.500 bits per heavy atom. The van der Waals surface area contributed by atoms with Gasteiger partial charge < -0.3 is 9.97 Å². The second kappa shape index (κ2) is 22.5. The van der Waals surface area contributed by atoms with Gasteiger partial charge in [-0.05, 0) is 317 Å². The molecule has 0 fully saturated rings. The molecule has 2 N–H and O–H groups in total. The van der Waals surface area contributed by atoms with Gasteiger partial charge in [0, 0.05) is 104 Å². The van der Waals surface area contributed by atoms with Gasteiger partial charge in [0.2, 0.25) is 0 Å². The van der Waals surface area contributed by atoms with Crippen LogP contribution in [0.15, 0.2) is 218 Å². The van der Waals surface area contributed by atoms with E-state index in [0.29, 0.717) is 12.8 Å². The van der Waals surface area contributed by atoms with Crippen LogP contribution in [0.1, 0.15) is 44.5 Å². The minimum absolute atomic E-state index is 0.673. The standard InChI is InChI=1S/C80H48Br8N4/c1-37-5-13-41(14-6-37)69-73-53-21-45-29-61(81)63(83)31-47(45)23-55(53)75(89-73)70(42-15-7-38(2)8-16-42)77-57-25-49-33-65(85)67(87)35-51(49)27-59(57)79(91-77)72(44-19-11-40(4)12-20-44)80-60-28-52-36-68(88)66(86)34-50(52)26-58(60)78(92-80)71(43-17-9-39(3)10-18-43)76-56-24-48-32-64(84)62(82)30-46(48)22-54(56)74(69)90-76/h5-25,27,29-36,89,92H,26,28H2,1-4H3. The number of halogens is 8. The molecule has 0 amide bonds.